The Morgan fingerprint density at radius 3 is 2.62 bits per heavy atom. The van der Waals surface area contributed by atoms with E-state index in [1.54, 1.807) is 12.1 Å². The van der Waals surface area contributed by atoms with Crippen molar-refractivity contribution in [2.45, 2.75) is 30.7 Å². The molecule has 5 heteroatoms. The molecule has 0 radical (unpaired) electrons. The van der Waals surface area contributed by atoms with Crippen molar-refractivity contribution in [1.82, 2.24) is 0 Å². The first-order valence-electron chi connectivity index (χ1n) is 10.3. The number of nitro benzene ring substituents is 1. The van der Waals surface area contributed by atoms with Crippen LogP contribution < -0.4 is 4.90 Å². The quantitative estimate of drug-likeness (QED) is 0.309. The topological polar surface area (TPSA) is 46.4 Å². The Morgan fingerprint density at radius 1 is 1.03 bits per heavy atom. The summed E-state index contributed by atoms with van der Waals surface area (Å²) >= 11 is 3.76. The summed E-state index contributed by atoms with van der Waals surface area (Å²) in [6.07, 6.45) is 11.5. The molecule has 0 saturated carbocycles. The lowest BCUT2D eigenvalue weighted by molar-refractivity contribution is -0.384. The van der Waals surface area contributed by atoms with Gasteiger partial charge in [0.15, 0.2) is 0 Å². The highest BCUT2D eigenvalue weighted by molar-refractivity contribution is 9.10. The number of hydrogen-bond donors (Lipinski definition) is 0. The molecule has 2 aromatic rings. The Bertz CT molecular complexity index is 1080. The van der Waals surface area contributed by atoms with Crippen molar-refractivity contribution in [3.8, 4) is 0 Å². The molecule has 0 fully saturated rings. The van der Waals surface area contributed by atoms with Gasteiger partial charge in [-0.3, -0.25) is 10.1 Å². The van der Waals surface area contributed by atoms with Gasteiger partial charge in [0.25, 0.3) is 5.69 Å². The molecule has 146 valence electrons. The summed E-state index contributed by atoms with van der Waals surface area (Å²) < 4.78 is 1.15. The van der Waals surface area contributed by atoms with Crippen molar-refractivity contribution in [2.24, 2.45) is 11.8 Å². The van der Waals surface area contributed by atoms with Crippen molar-refractivity contribution in [3.63, 3.8) is 0 Å². The summed E-state index contributed by atoms with van der Waals surface area (Å²) in [6.45, 7) is 1.01. The summed E-state index contributed by atoms with van der Waals surface area (Å²) in [6, 6.07) is 12.1. The fourth-order valence-corrected chi connectivity index (χ4v) is 6.63. The first-order valence-corrected chi connectivity index (χ1v) is 11.1. The van der Waals surface area contributed by atoms with Crippen LogP contribution in [0.15, 0.2) is 65.2 Å². The van der Waals surface area contributed by atoms with Gasteiger partial charge in [-0.15, -0.1) is 0 Å². The van der Waals surface area contributed by atoms with Crippen molar-refractivity contribution in [2.75, 3.05) is 11.4 Å². The molecule has 2 aromatic carbocycles. The molecule has 5 atom stereocenters. The number of halogens is 1. The third kappa shape index (κ3) is 2.49. The van der Waals surface area contributed by atoms with Crippen LogP contribution in [-0.4, -0.2) is 11.5 Å². The number of nitrogens with zero attached hydrogens (tertiary/aromatic N) is 2. The van der Waals surface area contributed by atoms with Gasteiger partial charge in [-0.2, -0.15) is 0 Å². The fraction of sp³-hybridized carbons (Fsp3) is 0.333. The Hall–Kier alpha value is -2.40. The zero-order valence-electron chi connectivity index (χ0n) is 15.9. The molecule has 4 aliphatic rings. The van der Waals surface area contributed by atoms with E-state index in [2.05, 4.69) is 63.3 Å². The highest BCUT2D eigenvalue weighted by Crippen LogP contribution is 2.59. The summed E-state index contributed by atoms with van der Waals surface area (Å²) in [5.41, 5.74) is 5.44. The molecule has 0 spiro atoms. The molecule has 29 heavy (non-hydrogen) atoms. The van der Waals surface area contributed by atoms with Gasteiger partial charge in [-0.1, -0.05) is 52.4 Å². The molecule has 0 unspecified atom stereocenters. The van der Waals surface area contributed by atoms with Crippen LogP contribution >= 0.6 is 15.9 Å². The van der Waals surface area contributed by atoms with Crippen LogP contribution in [0, 0.1) is 22.0 Å². The maximum Gasteiger partial charge on any atom is 0.269 e. The predicted octanol–water partition coefficient (Wildman–Crippen LogP) is 6.25. The number of rotatable bonds is 2. The SMILES string of the molecule is O=[N+]([O-])c1cccc([C@@H]2[C@@H]3CC=C[C@@H]3c3cc(Br)cc4c3N2C[C@@H]2CC=C[C@@H]42)c1. The Morgan fingerprint density at radius 2 is 1.79 bits per heavy atom. The molecule has 2 aliphatic carbocycles. The smallest absolute Gasteiger partial charge is 0.269 e. The van der Waals surface area contributed by atoms with Gasteiger partial charge in [0.05, 0.1) is 11.0 Å². The number of nitro groups is 1. The van der Waals surface area contributed by atoms with E-state index in [9.17, 15) is 10.1 Å². The molecule has 4 nitrogen and oxygen atoms in total. The molecule has 0 amide bonds. The van der Waals surface area contributed by atoms with Crippen LogP contribution in [0.3, 0.4) is 0 Å². The van der Waals surface area contributed by atoms with E-state index in [0.717, 1.165) is 29.4 Å². The third-order valence-electron chi connectivity index (χ3n) is 7.24. The van der Waals surface area contributed by atoms with Crippen LogP contribution in [0.5, 0.6) is 0 Å². The Balaban J connectivity index is 1.57. The van der Waals surface area contributed by atoms with E-state index in [-0.39, 0.29) is 16.7 Å². The zero-order chi connectivity index (χ0) is 19.7. The van der Waals surface area contributed by atoms with Crippen LogP contribution in [-0.2, 0) is 0 Å². The van der Waals surface area contributed by atoms with E-state index in [1.807, 2.05) is 6.07 Å². The van der Waals surface area contributed by atoms with E-state index < -0.39 is 0 Å². The van der Waals surface area contributed by atoms with E-state index >= 15 is 0 Å². The predicted molar refractivity (Wildman–Crippen MR) is 117 cm³/mol. The normalized spacial score (nSPS) is 30.8. The molecule has 2 aliphatic heterocycles. The zero-order valence-corrected chi connectivity index (χ0v) is 17.5. The lowest BCUT2D eigenvalue weighted by atomic mass is 9.70. The minimum Gasteiger partial charge on any atom is -0.363 e. The van der Waals surface area contributed by atoms with E-state index in [0.29, 0.717) is 23.7 Å². The van der Waals surface area contributed by atoms with Crippen LogP contribution in [0.2, 0.25) is 0 Å². The second-order valence-electron chi connectivity index (χ2n) is 8.69. The van der Waals surface area contributed by atoms with Crippen LogP contribution in [0.4, 0.5) is 11.4 Å². The number of benzene rings is 2. The van der Waals surface area contributed by atoms with E-state index in [1.165, 1.54) is 16.8 Å². The molecule has 0 N–H and O–H groups in total. The van der Waals surface area contributed by atoms with Gasteiger partial charge in [0, 0.05) is 40.7 Å². The van der Waals surface area contributed by atoms with Crippen molar-refractivity contribution in [1.29, 1.82) is 0 Å². The van der Waals surface area contributed by atoms with Gasteiger partial charge in [0.1, 0.15) is 0 Å². The Kier molecular flexibility index (Phi) is 3.79. The molecule has 2 heterocycles. The number of anilines is 1. The second-order valence-corrected chi connectivity index (χ2v) is 9.60. The average molecular weight is 449 g/mol. The fourth-order valence-electron chi connectivity index (χ4n) is 6.14. The largest absolute Gasteiger partial charge is 0.363 e. The average Bonchev–Trinajstić information content (AvgIpc) is 3.37. The molecule has 6 rings (SSSR count). The van der Waals surface area contributed by atoms with Gasteiger partial charge in [-0.05, 0) is 53.5 Å². The Labute approximate surface area is 178 Å². The van der Waals surface area contributed by atoms with Crippen molar-refractivity contribution in [3.05, 3.63) is 92.0 Å². The van der Waals surface area contributed by atoms with E-state index in [4.69, 9.17) is 0 Å². The maximum absolute atomic E-state index is 11.4. The standard InChI is InChI=1S/C24H21BrN2O2/c25-16-11-21-18-7-2-5-15(18)13-26-23(14-4-1-6-17(10-14)27(28)29)20-9-3-8-19(20)22(12-16)24(21)26/h1-4,6-8,10-12,15,18-20,23H,5,9,13H2/t15-,18+,19-,20+,23+/m0/s1. The lowest BCUT2D eigenvalue weighted by Gasteiger charge is -2.51. The molecule has 0 aromatic heterocycles. The number of hydrogen-bond acceptors (Lipinski definition) is 3. The summed E-state index contributed by atoms with van der Waals surface area (Å²) in [5, 5.41) is 11.4. The summed E-state index contributed by atoms with van der Waals surface area (Å²) in [7, 11) is 0. The van der Waals surface area contributed by atoms with Gasteiger partial charge >= 0.3 is 0 Å². The summed E-state index contributed by atoms with van der Waals surface area (Å²) in [5.74, 6) is 1.84. The number of allylic oxidation sites excluding steroid dienone is 4. The minimum absolute atomic E-state index is 0.170. The van der Waals surface area contributed by atoms with Gasteiger partial charge < -0.3 is 4.90 Å². The molecule has 0 bridgehead atoms. The monoisotopic (exact) mass is 448 g/mol. The number of fused-ring (bicyclic) bond motifs is 4. The third-order valence-corrected chi connectivity index (χ3v) is 7.70. The minimum atomic E-state index is -0.277. The van der Waals surface area contributed by atoms with Crippen LogP contribution in [0.1, 0.15) is 47.4 Å². The number of non-ortho nitro benzene ring substituents is 1. The highest BCUT2D eigenvalue weighted by atomic mass is 79.9. The molecule has 0 saturated heterocycles. The second kappa shape index (κ2) is 6.30. The maximum atomic E-state index is 11.4. The first-order chi connectivity index (χ1) is 14.1. The first kappa shape index (κ1) is 17.5. The van der Waals surface area contributed by atoms with Crippen molar-refractivity contribution < 1.29 is 4.92 Å². The lowest BCUT2D eigenvalue weighted by Crippen LogP contribution is -2.46. The van der Waals surface area contributed by atoms with Crippen molar-refractivity contribution >= 4 is 27.3 Å². The summed E-state index contributed by atoms with van der Waals surface area (Å²) in [4.78, 5) is 13.7. The van der Waals surface area contributed by atoms with Crippen LogP contribution in [0.25, 0.3) is 0 Å². The highest BCUT2D eigenvalue weighted by Gasteiger charge is 2.47. The van der Waals surface area contributed by atoms with Gasteiger partial charge in [-0.25, -0.2) is 0 Å². The molecular weight excluding hydrogens is 428 g/mol. The molecular formula is C24H21BrN2O2. The van der Waals surface area contributed by atoms with Gasteiger partial charge in [0.2, 0.25) is 0 Å².